The van der Waals surface area contributed by atoms with E-state index in [0.29, 0.717) is 5.75 Å². The third kappa shape index (κ3) is 2.93. The Morgan fingerprint density at radius 2 is 1.80 bits per heavy atom. The molecule has 4 nitrogen and oxygen atoms in total. The maximum absolute atomic E-state index is 10.1. The summed E-state index contributed by atoms with van der Waals surface area (Å²) in [7, 11) is 3.21. The lowest BCUT2D eigenvalue weighted by Gasteiger charge is -2.18. The summed E-state index contributed by atoms with van der Waals surface area (Å²) in [5.41, 5.74) is 3.96. The van der Waals surface area contributed by atoms with Crippen LogP contribution in [0.3, 0.4) is 0 Å². The van der Waals surface area contributed by atoms with Gasteiger partial charge in [0.1, 0.15) is 6.10 Å². The summed E-state index contributed by atoms with van der Waals surface area (Å²) in [5, 5.41) is 10.1. The van der Waals surface area contributed by atoms with Crippen LogP contribution in [0.4, 0.5) is 0 Å². The van der Waals surface area contributed by atoms with Gasteiger partial charge in [0, 0.05) is 11.5 Å². The third-order valence-electron chi connectivity index (χ3n) is 4.71. The highest BCUT2D eigenvalue weighted by Gasteiger charge is 2.35. The molecule has 0 unspecified atom stereocenters. The number of phenols is 1. The van der Waals surface area contributed by atoms with Crippen LogP contribution in [-0.4, -0.2) is 19.3 Å². The smallest absolute Gasteiger partial charge is 0.165 e. The van der Waals surface area contributed by atoms with Crippen molar-refractivity contribution in [2.45, 2.75) is 32.8 Å². The van der Waals surface area contributed by atoms with E-state index in [4.69, 9.17) is 14.2 Å². The molecule has 2 atom stereocenters. The van der Waals surface area contributed by atoms with E-state index in [1.54, 1.807) is 14.2 Å². The Kier molecular flexibility index (Phi) is 4.62. The molecule has 3 rings (SSSR count). The molecule has 2 aromatic carbocycles. The molecule has 0 radical (unpaired) electrons. The first kappa shape index (κ1) is 17.2. The topological polar surface area (TPSA) is 47.9 Å². The summed E-state index contributed by atoms with van der Waals surface area (Å²) in [4.78, 5) is 0. The van der Waals surface area contributed by atoms with Crippen LogP contribution in [0.2, 0.25) is 0 Å². The third-order valence-corrected chi connectivity index (χ3v) is 4.71. The molecule has 132 valence electrons. The molecule has 1 heterocycles. The number of allylic oxidation sites excluding steroid dienone is 1. The number of phenolic OH excluding ortho intramolecular Hbond substituents is 1. The monoisotopic (exact) mass is 340 g/mol. The Balaban J connectivity index is 2.06. The lowest BCUT2D eigenvalue weighted by molar-refractivity contribution is 0.207. The summed E-state index contributed by atoms with van der Waals surface area (Å²) in [6.45, 7) is 6.00. The van der Waals surface area contributed by atoms with E-state index in [0.717, 1.165) is 33.8 Å². The predicted octanol–water partition coefficient (Wildman–Crippen LogP) is 4.99. The standard InChI is InChI=1S/C21H24O4/c1-6-7-14-9-16-13(3)20(25-21(16)18(10-14)24-5)15-8-12(2)19(22)17(11-15)23-4/h6-11,13,20,22H,1-5H3/b7-6+/t13-,20-/m0/s1. The van der Waals surface area contributed by atoms with Crippen LogP contribution in [0, 0.1) is 6.92 Å². The van der Waals surface area contributed by atoms with Crippen LogP contribution in [0.25, 0.3) is 6.08 Å². The first-order valence-corrected chi connectivity index (χ1v) is 8.38. The molecule has 25 heavy (non-hydrogen) atoms. The zero-order valence-corrected chi connectivity index (χ0v) is 15.3. The molecule has 0 aromatic heterocycles. The van der Waals surface area contributed by atoms with Crippen molar-refractivity contribution in [3.05, 3.63) is 52.6 Å². The highest BCUT2D eigenvalue weighted by atomic mass is 16.5. The second kappa shape index (κ2) is 6.71. The van der Waals surface area contributed by atoms with Gasteiger partial charge in [-0.25, -0.2) is 0 Å². The van der Waals surface area contributed by atoms with E-state index in [9.17, 15) is 5.11 Å². The number of methoxy groups -OCH3 is 2. The van der Waals surface area contributed by atoms with Gasteiger partial charge in [-0.1, -0.05) is 19.1 Å². The predicted molar refractivity (Wildman–Crippen MR) is 98.9 cm³/mol. The SMILES string of the molecule is C/C=C/c1cc(OC)c2c(c1)[C@H](C)[C@@H](c1cc(C)c(O)c(OC)c1)O2. The van der Waals surface area contributed by atoms with Gasteiger partial charge >= 0.3 is 0 Å². The Morgan fingerprint density at radius 1 is 1.08 bits per heavy atom. The normalized spacial score (nSPS) is 18.9. The van der Waals surface area contributed by atoms with Crippen molar-refractivity contribution in [2.75, 3.05) is 14.2 Å². The van der Waals surface area contributed by atoms with Gasteiger partial charge in [-0.3, -0.25) is 0 Å². The number of aromatic hydroxyl groups is 1. The Labute approximate surface area is 148 Å². The van der Waals surface area contributed by atoms with Crippen LogP contribution in [0.5, 0.6) is 23.0 Å². The molecule has 0 spiro atoms. The molecular formula is C21H24O4. The van der Waals surface area contributed by atoms with Crippen LogP contribution < -0.4 is 14.2 Å². The highest BCUT2D eigenvalue weighted by molar-refractivity contribution is 5.62. The van der Waals surface area contributed by atoms with Crippen molar-refractivity contribution in [3.63, 3.8) is 0 Å². The number of rotatable bonds is 4. The Morgan fingerprint density at radius 3 is 2.44 bits per heavy atom. The molecular weight excluding hydrogens is 316 g/mol. The molecule has 1 N–H and O–H groups in total. The fraction of sp³-hybridized carbons (Fsp3) is 0.333. The van der Waals surface area contributed by atoms with Crippen molar-refractivity contribution in [1.82, 2.24) is 0 Å². The van der Waals surface area contributed by atoms with E-state index < -0.39 is 0 Å². The second-order valence-corrected chi connectivity index (χ2v) is 6.36. The maximum atomic E-state index is 10.1. The Bertz CT molecular complexity index is 823. The van der Waals surface area contributed by atoms with Gasteiger partial charge in [0.15, 0.2) is 23.0 Å². The molecule has 0 saturated carbocycles. The fourth-order valence-corrected chi connectivity index (χ4v) is 3.39. The van der Waals surface area contributed by atoms with Crippen LogP contribution >= 0.6 is 0 Å². The summed E-state index contributed by atoms with van der Waals surface area (Å²) in [6, 6.07) is 7.92. The quantitative estimate of drug-likeness (QED) is 0.852. The van der Waals surface area contributed by atoms with Crippen LogP contribution in [0.15, 0.2) is 30.3 Å². The average molecular weight is 340 g/mol. The van der Waals surface area contributed by atoms with Gasteiger partial charge in [-0.2, -0.15) is 0 Å². The summed E-state index contributed by atoms with van der Waals surface area (Å²) < 4.78 is 17.1. The fourth-order valence-electron chi connectivity index (χ4n) is 3.39. The second-order valence-electron chi connectivity index (χ2n) is 6.36. The van der Waals surface area contributed by atoms with Gasteiger partial charge in [0.05, 0.1) is 14.2 Å². The van der Waals surface area contributed by atoms with Crippen molar-refractivity contribution < 1.29 is 19.3 Å². The maximum Gasteiger partial charge on any atom is 0.165 e. The van der Waals surface area contributed by atoms with Gasteiger partial charge in [-0.05, 0) is 54.8 Å². The molecule has 4 heteroatoms. The van der Waals surface area contributed by atoms with E-state index in [1.807, 2.05) is 38.1 Å². The van der Waals surface area contributed by atoms with Crippen LogP contribution in [0.1, 0.15) is 48.1 Å². The number of aryl methyl sites for hydroxylation is 1. The zero-order chi connectivity index (χ0) is 18.1. The lowest BCUT2D eigenvalue weighted by atomic mass is 9.91. The first-order chi connectivity index (χ1) is 12.0. The van der Waals surface area contributed by atoms with E-state index in [2.05, 4.69) is 19.1 Å². The van der Waals surface area contributed by atoms with Gasteiger partial charge in [0.2, 0.25) is 0 Å². The summed E-state index contributed by atoms with van der Waals surface area (Å²) in [6.07, 6.45) is 3.90. The van der Waals surface area contributed by atoms with Gasteiger partial charge in [0.25, 0.3) is 0 Å². The molecule has 0 aliphatic carbocycles. The summed E-state index contributed by atoms with van der Waals surface area (Å²) in [5.74, 6) is 2.31. The minimum Gasteiger partial charge on any atom is -0.504 e. The van der Waals surface area contributed by atoms with E-state index >= 15 is 0 Å². The minimum absolute atomic E-state index is 0.155. The van der Waals surface area contributed by atoms with Crippen molar-refractivity contribution in [3.8, 4) is 23.0 Å². The Hall–Kier alpha value is -2.62. The average Bonchev–Trinajstić information content (AvgIpc) is 2.94. The molecule has 0 saturated heterocycles. The first-order valence-electron chi connectivity index (χ1n) is 8.38. The van der Waals surface area contributed by atoms with Crippen molar-refractivity contribution in [2.24, 2.45) is 0 Å². The molecule has 0 bridgehead atoms. The van der Waals surface area contributed by atoms with Crippen molar-refractivity contribution >= 4 is 6.08 Å². The van der Waals surface area contributed by atoms with Gasteiger partial charge < -0.3 is 19.3 Å². The van der Waals surface area contributed by atoms with Crippen molar-refractivity contribution in [1.29, 1.82) is 0 Å². The summed E-state index contributed by atoms with van der Waals surface area (Å²) >= 11 is 0. The molecule has 1 aliphatic rings. The molecule has 2 aromatic rings. The zero-order valence-electron chi connectivity index (χ0n) is 15.3. The molecule has 0 fully saturated rings. The minimum atomic E-state index is -0.155. The van der Waals surface area contributed by atoms with Crippen LogP contribution in [-0.2, 0) is 0 Å². The number of hydrogen-bond donors (Lipinski definition) is 1. The molecule has 1 aliphatic heterocycles. The largest absolute Gasteiger partial charge is 0.504 e. The molecule has 0 amide bonds. The van der Waals surface area contributed by atoms with Gasteiger partial charge in [-0.15, -0.1) is 0 Å². The number of ether oxygens (including phenoxy) is 3. The highest BCUT2D eigenvalue weighted by Crippen LogP contribution is 2.51. The number of hydrogen-bond acceptors (Lipinski definition) is 4. The van der Waals surface area contributed by atoms with E-state index in [-0.39, 0.29) is 17.8 Å². The number of benzene rings is 2. The number of fused-ring (bicyclic) bond motifs is 1. The van der Waals surface area contributed by atoms with E-state index in [1.165, 1.54) is 0 Å². The lowest BCUT2D eigenvalue weighted by Crippen LogP contribution is -2.08.